The molecule has 0 atom stereocenters. The minimum atomic E-state index is -0.739. The van der Waals surface area contributed by atoms with E-state index >= 15 is 0 Å². The Labute approximate surface area is 148 Å². The Morgan fingerprint density at radius 3 is 2.48 bits per heavy atom. The van der Waals surface area contributed by atoms with Gasteiger partial charge in [0.15, 0.2) is 0 Å². The molecule has 1 aromatic carbocycles. The Bertz CT molecular complexity index is 653. The zero-order valence-electron chi connectivity index (χ0n) is 14.9. The molecule has 0 unspecified atom stereocenters. The predicted octanol–water partition coefficient (Wildman–Crippen LogP) is 1.68. The number of hydrogen-bond acceptors (Lipinski definition) is 7. The summed E-state index contributed by atoms with van der Waals surface area (Å²) in [6.07, 6.45) is 1.29. The van der Waals surface area contributed by atoms with Gasteiger partial charge in [0.2, 0.25) is 5.89 Å². The number of nitrogens with zero attached hydrogens (tertiary/aromatic N) is 4. The van der Waals surface area contributed by atoms with E-state index in [-0.39, 0.29) is 0 Å². The summed E-state index contributed by atoms with van der Waals surface area (Å²) < 4.78 is 10.8. The van der Waals surface area contributed by atoms with Crippen molar-refractivity contribution in [1.29, 1.82) is 0 Å². The molecule has 0 spiro atoms. The van der Waals surface area contributed by atoms with Crippen LogP contribution < -0.4 is 4.90 Å². The number of benzene rings is 1. The molecule has 1 aromatic heterocycles. The third-order valence-corrected chi connectivity index (χ3v) is 4.41. The lowest BCUT2D eigenvalue weighted by Crippen LogP contribution is -2.46. The summed E-state index contributed by atoms with van der Waals surface area (Å²) in [5.41, 5.74) is 0.447. The van der Waals surface area contributed by atoms with Gasteiger partial charge in [-0.25, -0.2) is 0 Å². The van der Waals surface area contributed by atoms with E-state index in [4.69, 9.17) is 9.26 Å². The van der Waals surface area contributed by atoms with E-state index in [0.29, 0.717) is 57.5 Å². The first-order valence-electron chi connectivity index (χ1n) is 8.60. The quantitative estimate of drug-likeness (QED) is 0.817. The molecule has 0 saturated carbocycles. The highest BCUT2D eigenvalue weighted by Gasteiger charge is 2.32. The second-order valence-corrected chi connectivity index (χ2v) is 6.85. The summed E-state index contributed by atoms with van der Waals surface area (Å²) in [5, 5.41) is 14.9. The van der Waals surface area contributed by atoms with Gasteiger partial charge in [-0.15, -0.1) is 0 Å². The van der Waals surface area contributed by atoms with Gasteiger partial charge in [0.05, 0.1) is 12.1 Å². The summed E-state index contributed by atoms with van der Waals surface area (Å²) in [4.78, 5) is 8.37. The molecule has 136 valence electrons. The molecule has 2 heterocycles. The van der Waals surface area contributed by atoms with Gasteiger partial charge < -0.3 is 19.3 Å². The molecular weight excluding hydrogens is 320 g/mol. The maximum absolute atomic E-state index is 10.9. The molecular formula is C18H26N4O3. The van der Waals surface area contributed by atoms with Crippen molar-refractivity contribution in [2.75, 3.05) is 38.8 Å². The van der Waals surface area contributed by atoms with Crippen molar-refractivity contribution in [3.05, 3.63) is 41.8 Å². The third kappa shape index (κ3) is 5.01. The lowest BCUT2D eigenvalue weighted by molar-refractivity contribution is -0.0829. The van der Waals surface area contributed by atoms with E-state index in [0.717, 1.165) is 0 Å². The van der Waals surface area contributed by atoms with Crippen molar-refractivity contribution >= 4 is 5.95 Å². The van der Waals surface area contributed by atoms with Gasteiger partial charge in [0, 0.05) is 53.2 Å². The van der Waals surface area contributed by atoms with Gasteiger partial charge in [-0.1, -0.05) is 30.3 Å². The highest BCUT2D eigenvalue weighted by Crippen LogP contribution is 2.23. The Morgan fingerprint density at radius 1 is 1.12 bits per heavy atom. The second kappa shape index (κ2) is 7.95. The van der Waals surface area contributed by atoms with Crippen molar-refractivity contribution in [2.45, 2.75) is 31.5 Å². The molecule has 0 radical (unpaired) electrons. The molecule has 0 aliphatic carbocycles. The van der Waals surface area contributed by atoms with Crippen LogP contribution in [0.1, 0.15) is 24.3 Å². The molecule has 7 heteroatoms. The SMILES string of the molecule is CN(C)c1noc(CN(Cc2ccccc2)CC2(O)CCOCC2)n1. The van der Waals surface area contributed by atoms with Crippen LogP contribution in [0, 0.1) is 0 Å². The highest BCUT2D eigenvalue weighted by atomic mass is 16.5. The smallest absolute Gasteiger partial charge is 0.265 e. The fraction of sp³-hybridized carbons (Fsp3) is 0.556. The number of ether oxygens (including phenoxy) is 1. The average Bonchev–Trinajstić information content (AvgIpc) is 3.05. The monoisotopic (exact) mass is 346 g/mol. The van der Waals surface area contributed by atoms with Crippen LogP contribution in [0.4, 0.5) is 5.95 Å². The zero-order chi connectivity index (χ0) is 17.7. The van der Waals surface area contributed by atoms with E-state index in [2.05, 4.69) is 27.2 Å². The summed E-state index contributed by atoms with van der Waals surface area (Å²) >= 11 is 0. The molecule has 1 N–H and O–H groups in total. The Morgan fingerprint density at radius 2 is 1.84 bits per heavy atom. The van der Waals surface area contributed by atoms with Gasteiger partial charge in [0.1, 0.15) is 0 Å². The maximum Gasteiger partial charge on any atom is 0.265 e. The van der Waals surface area contributed by atoms with Crippen molar-refractivity contribution in [2.24, 2.45) is 0 Å². The van der Waals surface area contributed by atoms with E-state index in [1.165, 1.54) is 5.56 Å². The molecule has 1 saturated heterocycles. The van der Waals surface area contributed by atoms with Crippen molar-refractivity contribution in [3.63, 3.8) is 0 Å². The second-order valence-electron chi connectivity index (χ2n) is 6.85. The van der Waals surface area contributed by atoms with Crippen LogP contribution >= 0.6 is 0 Å². The minimum Gasteiger partial charge on any atom is -0.388 e. The van der Waals surface area contributed by atoms with Crippen molar-refractivity contribution in [1.82, 2.24) is 15.0 Å². The van der Waals surface area contributed by atoms with E-state index < -0.39 is 5.60 Å². The molecule has 0 bridgehead atoms. The van der Waals surface area contributed by atoms with Crippen LogP contribution in [-0.4, -0.2) is 59.6 Å². The molecule has 0 amide bonds. The largest absolute Gasteiger partial charge is 0.388 e. The van der Waals surface area contributed by atoms with Gasteiger partial charge in [-0.2, -0.15) is 4.98 Å². The summed E-state index contributed by atoms with van der Waals surface area (Å²) in [6.45, 7) is 2.95. The number of rotatable bonds is 7. The van der Waals surface area contributed by atoms with E-state index in [1.807, 2.05) is 32.3 Å². The maximum atomic E-state index is 10.9. The molecule has 25 heavy (non-hydrogen) atoms. The van der Waals surface area contributed by atoms with Crippen LogP contribution in [0.25, 0.3) is 0 Å². The molecule has 3 rings (SSSR count). The fourth-order valence-corrected chi connectivity index (χ4v) is 3.02. The first-order chi connectivity index (χ1) is 12.0. The number of hydrogen-bond donors (Lipinski definition) is 1. The average molecular weight is 346 g/mol. The van der Waals surface area contributed by atoms with Crippen molar-refractivity contribution in [3.8, 4) is 0 Å². The van der Waals surface area contributed by atoms with Crippen LogP contribution in [0.5, 0.6) is 0 Å². The molecule has 1 aliphatic heterocycles. The van der Waals surface area contributed by atoms with Crippen molar-refractivity contribution < 1.29 is 14.4 Å². The number of aliphatic hydroxyl groups is 1. The molecule has 2 aromatic rings. The predicted molar refractivity (Wildman–Crippen MR) is 94.2 cm³/mol. The molecule has 7 nitrogen and oxygen atoms in total. The minimum absolute atomic E-state index is 0.499. The number of aromatic nitrogens is 2. The highest BCUT2D eigenvalue weighted by molar-refractivity contribution is 5.23. The Hall–Kier alpha value is -1.96. The van der Waals surface area contributed by atoms with Gasteiger partial charge in [-0.3, -0.25) is 4.90 Å². The van der Waals surface area contributed by atoms with Crippen LogP contribution in [0.3, 0.4) is 0 Å². The third-order valence-electron chi connectivity index (χ3n) is 4.41. The summed E-state index contributed by atoms with van der Waals surface area (Å²) in [7, 11) is 3.75. The first kappa shape index (κ1) is 17.8. The Balaban J connectivity index is 1.73. The van der Waals surface area contributed by atoms with E-state index in [9.17, 15) is 5.11 Å². The van der Waals surface area contributed by atoms with Crippen LogP contribution in [0.15, 0.2) is 34.9 Å². The summed E-state index contributed by atoms with van der Waals surface area (Å²) in [5.74, 6) is 1.11. The zero-order valence-corrected chi connectivity index (χ0v) is 14.9. The lowest BCUT2D eigenvalue weighted by atomic mass is 9.93. The normalized spacial score (nSPS) is 17.0. The lowest BCUT2D eigenvalue weighted by Gasteiger charge is -2.36. The standard InChI is InChI=1S/C18H26N4O3/c1-21(2)17-19-16(25-20-17)13-22(12-15-6-4-3-5-7-15)14-18(23)8-10-24-11-9-18/h3-7,23H,8-14H2,1-2H3. The van der Waals surface area contributed by atoms with Gasteiger partial charge >= 0.3 is 0 Å². The van der Waals surface area contributed by atoms with Crippen LogP contribution in [0.2, 0.25) is 0 Å². The van der Waals surface area contributed by atoms with Gasteiger partial charge in [0.25, 0.3) is 5.95 Å². The molecule has 1 aliphatic rings. The van der Waals surface area contributed by atoms with E-state index in [1.54, 1.807) is 4.90 Å². The first-order valence-corrected chi connectivity index (χ1v) is 8.60. The molecule has 1 fully saturated rings. The topological polar surface area (TPSA) is 74.9 Å². The van der Waals surface area contributed by atoms with Gasteiger partial charge in [-0.05, 0) is 10.7 Å². The Kier molecular flexibility index (Phi) is 5.67. The van der Waals surface area contributed by atoms with Crippen LogP contribution in [-0.2, 0) is 17.8 Å². The summed E-state index contributed by atoms with van der Waals surface area (Å²) in [6, 6.07) is 10.2. The number of anilines is 1. The fourth-order valence-electron chi connectivity index (χ4n) is 3.02.